The zero-order chi connectivity index (χ0) is 23.8. The lowest BCUT2D eigenvalue weighted by atomic mass is 10.1. The number of carbonyl (C=O) groups excluding carboxylic acids is 1. The van der Waals surface area contributed by atoms with Crippen molar-refractivity contribution in [2.75, 3.05) is 13.7 Å². The standard InChI is InChI=1S/C27H23BrN2O4/c1-32-25-14-20(13-24(28)27(25)34-17-19-7-3-2-4-8-19)16-29-30-26(31)18-33-23-12-11-21-9-5-6-10-22(21)15-23/h2-16H,17-18H2,1H3,(H,30,31)/b29-16+. The van der Waals surface area contributed by atoms with Crippen molar-refractivity contribution < 1.29 is 19.0 Å². The summed E-state index contributed by atoms with van der Waals surface area (Å²) in [5.41, 5.74) is 4.25. The second-order valence-corrected chi connectivity index (χ2v) is 8.25. The number of amides is 1. The molecule has 4 rings (SSSR count). The van der Waals surface area contributed by atoms with Gasteiger partial charge >= 0.3 is 0 Å². The van der Waals surface area contributed by atoms with Gasteiger partial charge in [0.25, 0.3) is 5.91 Å². The van der Waals surface area contributed by atoms with Crippen LogP contribution in [-0.2, 0) is 11.4 Å². The van der Waals surface area contributed by atoms with Gasteiger partial charge in [0.1, 0.15) is 12.4 Å². The van der Waals surface area contributed by atoms with E-state index in [0.29, 0.717) is 23.9 Å². The van der Waals surface area contributed by atoms with Crippen LogP contribution in [-0.4, -0.2) is 25.8 Å². The molecule has 1 N–H and O–H groups in total. The molecule has 0 heterocycles. The minimum Gasteiger partial charge on any atom is -0.493 e. The van der Waals surface area contributed by atoms with E-state index in [1.807, 2.05) is 78.9 Å². The summed E-state index contributed by atoms with van der Waals surface area (Å²) in [5.74, 6) is 1.41. The zero-order valence-electron chi connectivity index (χ0n) is 18.5. The van der Waals surface area contributed by atoms with Crippen LogP contribution < -0.4 is 19.6 Å². The van der Waals surface area contributed by atoms with E-state index in [9.17, 15) is 4.79 Å². The number of carbonyl (C=O) groups is 1. The van der Waals surface area contributed by atoms with Crippen molar-refractivity contribution in [2.45, 2.75) is 6.61 Å². The van der Waals surface area contributed by atoms with Gasteiger partial charge in [0.2, 0.25) is 0 Å². The summed E-state index contributed by atoms with van der Waals surface area (Å²) in [4.78, 5) is 12.1. The summed E-state index contributed by atoms with van der Waals surface area (Å²) in [6.45, 7) is 0.269. The monoisotopic (exact) mass is 518 g/mol. The van der Waals surface area contributed by atoms with Gasteiger partial charge in [-0.3, -0.25) is 4.79 Å². The van der Waals surface area contributed by atoms with Crippen molar-refractivity contribution in [3.05, 3.63) is 101 Å². The maximum Gasteiger partial charge on any atom is 0.277 e. The number of fused-ring (bicyclic) bond motifs is 1. The fraction of sp³-hybridized carbons (Fsp3) is 0.111. The topological polar surface area (TPSA) is 69.2 Å². The van der Waals surface area contributed by atoms with E-state index in [1.165, 1.54) is 6.21 Å². The second kappa shape index (κ2) is 11.3. The van der Waals surface area contributed by atoms with Crippen LogP contribution in [0.5, 0.6) is 17.2 Å². The van der Waals surface area contributed by atoms with Gasteiger partial charge in [-0.25, -0.2) is 5.43 Å². The Morgan fingerprint density at radius 3 is 2.50 bits per heavy atom. The molecule has 0 aliphatic carbocycles. The SMILES string of the molecule is COc1cc(/C=N/NC(=O)COc2ccc3ccccc3c2)cc(Br)c1OCc1ccccc1. The summed E-state index contributed by atoms with van der Waals surface area (Å²) in [5, 5.41) is 6.18. The fourth-order valence-corrected chi connectivity index (χ4v) is 3.88. The minimum absolute atomic E-state index is 0.144. The molecular weight excluding hydrogens is 496 g/mol. The van der Waals surface area contributed by atoms with Crippen molar-refractivity contribution in [1.82, 2.24) is 5.43 Å². The number of ether oxygens (including phenoxy) is 3. The van der Waals surface area contributed by atoms with Crippen LogP contribution in [0.2, 0.25) is 0 Å². The smallest absolute Gasteiger partial charge is 0.277 e. The quantitative estimate of drug-likeness (QED) is 0.227. The Kier molecular flexibility index (Phi) is 7.78. The number of nitrogens with one attached hydrogen (secondary N) is 1. The normalized spacial score (nSPS) is 10.9. The highest BCUT2D eigenvalue weighted by atomic mass is 79.9. The number of benzene rings is 4. The van der Waals surface area contributed by atoms with Crippen LogP contribution in [0.1, 0.15) is 11.1 Å². The molecule has 172 valence electrons. The maximum absolute atomic E-state index is 12.1. The van der Waals surface area contributed by atoms with Crippen molar-refractivity contribution in [2.24, 2.45) is 5.10 Å². The third kappa shape index (κ3) is 6.14. The number of methoxy groups -OCH3 is 1. The molecular formula is C27H23BrN2O4. The molecule has 0 spiro atoms. The van der Waals surface area contributed by atoms with Gasteiger partial charge in [0, 0.05) is 0 Å². The maximum atomic E-state index is 12.1. The molecule has 6 nitrogen and oxygen atoms in total. The van der Waals surface area contributed by atoms with Gasteiger partial charge in [-0.05, 0) is 62.1 Å². The molecule has 0 bridgehead atoms. The number of hydrogen-bond acceptors (Lipinski definition) is 5. The molecule has 0 radical (unpaired) electrons. The molecule has 4 aromatic carbocycles. The third-order valence-corrected chi connectivity index (χ3v) is 5.56. The molecule has 0 aliphatic rings. The molecule has 0 saturated carbocycles. The Balaban J connectivity index is 1.33. The van der Waals surface area contributed by atoms with Crippen molar-refractivity contribution in [3.63, 3.8) is 0 Å². The second-order valence-electron chi connectivity index (χ2n) is 7.40. The van der Waals surface area contributed by atoms with Crippen LogP contribution in [0.15, 0.2) is 94.5 Å². The zero-order valence-corrected chi connectivity index (χ0v) is 20.1. The number of halogens is 1. The van der Waals surface area contributed by atoms with Gasteiger partial charge in [-0.15, -0.1) is 0 Å². The van der Waals surface area contributed by atoms with Crippen molar-refractivity contribution in [1.29, 1.82) is 0 Å². The number of rotatable bonds is 9. The summed E-state index contributed by atoms with van der Waals surface area (Å²) >= 11 is 3.53. The van der Waals surface area contributed by atoms with E-state index < -0.39 is 0 Å². The predicted molar refractivity (Wildman–Crippen MR) is 137 cm³/mol. The highest BCUT2D eigenvalue weighted by molar-refractivity contribution is 9.10. The van der Waals surface area contributed by atoms with Gasteiger partial charge < -0.3 is 14.2 Å². The van der Waals surface area contributed by atoms with Crippen LogP contribution in [0, 0.1) is 0 Å². The lowest BCUT2D eigenvalue weighted by Crippen LogP contribution is -2.24. The average Bonchev–Trinajstić information content (AvgIpc) is 2.87. The van der Waals surface area contributed by atoms with Gasteiger partial charge in [-0.2, -0.15) is 5.10 Å². The van der Waals surface area contributed by atoms with Crippen molar-refractivity contribution >= 4 is 38.8 Å². The Bertz CT molecular complexity index is 1310. The first kappa shape index (κ1) is 23.3. The largest absolute Gasteiger partial charge is 0.493 e. The molecule has 34 heavy (non-hydrogen) atoms. The minimum atomic E-state index is -0.363. The fourth-order valence-electron chi connectivity index (χ4n) is 3.30. The van der Waals surface area contributed by atoms with Crippen LogP contribution in [0.3, 0.4) is 0 Å². The Morgan fingerprint density at radius 2 is 1.71 bits per heavy atom. The summed E-state index contributed by atoms with van der Waals surface area (Å²) < 4.78 is 17.7. The van der Waals surface area contributed by atoms with E-state index in [1.54, 1.807) is 13.2 Å². The van der Waals surface area contributed by atoms with Crippen LogP contribution in [0.25, 0.3) is 10.8 Å². The Labute approximate surface area is 206 Å². The van der Waals surface area contributed by atoms with Crippen LogP contribution >= 0.6 is 15.9 Å². The number of hydrazone groups is 1. The average molecular weight is 519 g/mol. The van der Waals surface area contributed by atoms with E-state index in [4.69, 9.17) is 14.2 Å². The molecule has 0 saturated heterocycles. The van der Waals surface area contributed by atoms with Gasteiger partial charge in [0.15, 0.2) is 18.1 Å². The first-order valence-electron chi connectivity index (χ1n) is 10.6. The Hall–Kier alpha value is -3.84. The third-order valence-electron chi connectivity index (χ3n) is 4.97. The van der Waals surface area contributed by atoms with Gasteiger partial charge in [-0.1, -0.05) is 60.7 Å². The molecule has 4 aromatic rings. The molecule has 0 unspecified atom stereocenters. The summed E-state index contributed by atoms with van der Waals surface area (Å²) in [6, 6.07) is 27.2. The summed E-state index contributed by atoms with van der Waals surface area (Å²) in [7, 11) is 1.57. The summed E-state index contributed by atoms with van der Waals surface area (Å²) in [6.07, 6.45) is 1.53. The van der Waals surface area contributed by atoms with E-state index in [2.05, 4.69) is 26.5 Å². The Morgan fingerprint density at radius 1 is 0.941 bits per heavy atom. The van der Waals surface area contributed by atoms with E-state index in [0.717, 1.165) is 26.4 Å². The van der Waals surface area contributed by atoms with Crippen LogP contribution in [0.4, 0.5) is 0 Å². The van der Waals surface area contributed by atoms with Crippen molar-refractivity contribution in [3.8, 4) is 17.2 Å². The molecule has 0 fully saturated rings. The van der Waals surface area contributed by atoms with E-state index >= 15 is 0 Å². The number of hydrogen-bond donors (Lipinski definition) is 1. The van der Waals surface area contributed by atoms with E-state index in [-0.39, 0.29) is 12.5 Å². The molecule has 0 atom stereocenters. The molecule has 0 aromatic heterocycles. The molecule has 7 heteroatoms. The lowest BCUT2D eigenvalue weighted by Gasteiger charge is -2.13. The lowest BCUT2D eigenvalue weighted by molar-refractivity contribution is -0.123. The first-order valence-corrected chi connectivity index (χ1v) is 11.4. The van der Waals surface area contributed by atoms with Gasteiger partial charge in [0.05, 0.1) is 17.8 Å². The molecule has 0 aliphatic heterocycles. The predicted octanol–water partition coefficient (Wildman–Crippen LogP) is 5.72. The number of nitrogens with zero attached hydrogens (tertiary/aromatic N) is 1. The highest BCUT2D eigenvalue weighted by Gasteiger charge is 2.12. The molecule has 1 amide bonds. The highest BCUT2D eigenvalue weighted by Crippen LogP contribution is 2.36. The first-order chi connectivity index (χ1) is 16.6.